The predicted octanol–water partition coefficient (Wildman–Crippen LogP) is 5.35. The van der Waals surface area contributed by atoms with Crippen LogP contribution in [0.25, 0.3) is 11.1 Å². The van der Waals surface area contributed by atoms with E-state index < -0.39 is 6.03 Å². The van der Waals surface area contributed by atoms with Gasteiger partial charge in [0.15, 0.2) is 0 Å². The molecule has 2 N–H and O–H groups in total. The molecule has 0 saturated carbocycles. The fourth-order valence-corrected chi connectivity index (χ4v) is 3.59. The number of rotatable bonds is 5. The van der Waals surface area contributed by atoms with E-state index in [4.69, 9.17) is 21.9 Å². The molecule has 1 aromatic carbocycles. The van der Waals surface area contributed by atoms with Gasteiger partial charge < -0.3 is 10.3 Å². The topological polar surface area (TPSA) is 85.3 Å². The minimum atomic E-state index is -0.677. The summed E-state index contributed by atoms with van der Waals surface area (Å²) >= 11 is 7.40. The molecular formula is C18H19ClN4O2S. The van der Waals surface area contributed by atoms with Crippen molar-refractivity contribution in [1.82, 2.24) is 10.1 Å². The summed E-state index contributed by atoms with van der Waals surface area (Å²) < 4.78 is 5.53. The second-order valence-electron chi connectivity index (χ2n) is 6.04. The number of nitrogens with zero attached hydrogens (tertiary/aromatic N) is 3. The summed E-state index contributed by atoms with van der Waals surface area (Å²) in [5.41, 5.74) is 7.94. The summed E-state index contributed by atoms with van der Waals surface area (Å²) in [6.45, 7) is 6.10. The van der Waals surface area contributed by atoms with E-state index in [2.05, 4.69) is 24.0 Å². The average molecular weight is 391 g/mol. The maximum atomic E-state index is 12.2. The van der Waals surface area contributed by atoms with Crippen LogP contribution < -0.4 is 10.6 Å². The van der Waals surface area contributed by atoms with Crippen molar-refractivity contribution in [2.24, 2.45) is 5.73 Å². The van der Waals surface area contributed by atoms with Crippen LogP contribution in [0, 0.1) is 0 Å². The van der Waals surface area contributed by atoms with Gasteiger partial charge in [0.05, 0.1) is 11.3 Å². The summed E-state index contributed by atoms with van der Waals surface area (Å²) in [6, 6.07) is 6.60. The van der Waals surface area contributed by atoms with Gasteiger partial charge in [-0.05, 0) is 30.0 Å². The zero-order chi connectivity index (χ0) is 18.8. The van der Waals surface area contributed by atoms with Crippen molar-refractivity contribution in [3.8, 4) is 11.1 Å². The zero-order valence-electron chi connectivity index (χ0n) is 14.7. The first kappa shape index (κ1) is 18.4. The van der Waals surface area contributed by atoms with Crippen LogP contribution in [-0.2, 0) is 6.42 Å². The van der Waals surface area contributed by atoms with Crippen LogP contribution in [0.5, 0.6) is 0 Å². The first-order valence-corrected chi connectivity index (χ1v) is 9.41. The van der Waals surface area contributed by atoms with Gasteiger partial charge >= 0.3 is 6.03 Å². The molecule has 0 aliphatic carbocycles. The smallest absolute Gasteiger partial charge is 0.328 e. The molecule has 0 atom stereocenters. The molecule has 0 unspecified atom stereocenters. The monoisotopic (exact) mass is 390 g/mol. The highest BCUT2D eigenvalue weighted by molar-refractivity contribution is 7.15. The molecule has 0 aliphatic rings. The van der Waals surface area contributed by atoms with Gasteiger partial charge in [-0.25, -0.2) is 14.7 Å². The average Bonchev–Trinajstić information content (AvgIpc) is 3.23. The molecule has 6 nitrogen and oxygen atoms in total. The summed E-state index contributed by atoms with van der Waals surface area (Å²) in [4.78, 5) is 18.9. The van der Waals surface area contributed by atoms with Crippen LogP contribution in [0.4, 0.5) is 15.8 Å². The molecule has 136 valence electrons. The van der Waals surface area contributed by atoms with E-state index in [1.807, 2.05) is 19.1 Å². The van der Waals surface area contributed by atoms with E-state index in [1.54, 1.807) is 18.3 Å². The van der Waals surface area contributed by atoms with Crippen molar-refractivity contribution in [3.63, 3.8) is 0 Å². The van der Waals surface area contributed by atoms with Gasteiger partial charge in [-0.1, -0.05) is 49.7 Å². The van der Waals surface area contributed by atoms with Crippen LogP contribution in [0.15, 0.2) is 35.0 Å². The number of aromatic nitrogens is 2. The molecule has 0 aliphatic heterocycles. The highest BCUT2D eigenvalue weighted by atomic mass is 35.5. The lowest BCUT2D eigenvalue weighted by Gasteiger charge is -2.15. The number of thiazole rings is 1. The Balaban J connectivity index is 2.14. The van der Waals surface area contributed by atoms with Crippen LogP contribution >= 0.6 is 22.9 Å². The third kappa shape index (κ3) is 3.45. The fourth-order valence-electron chi connectivity index (χ4n) is 2.54. The van der Waals surface area contributed by atoms with E-state index >= 15 is 0 Å². The highest BCUT2D eigenvalue weighted by Gasteiger charge is 2.29. The Hall–Kier alpha value is -2.38. The number of amides is 2. The highest BCUT2D eigenvalue weighted by Crippen LogP contribution is 2.40. The van der Waals surface area contributed by atoms with Gasteiger partial charge in [-0.15, -0.1) is 11.3 Å². The summed E-state index contributed by atoms with van der Waals surface area (Å²) in [7, 11) is 0. The van der Waals surface area contributed by atoms with Crippen LogP contribution in [0.1, 0.15) is 37.3 Å². The first-order chi connectivity index (χ1) is 12.4. The Morgan fingerprint density at radius 2 is 2.04 bits per heavy atom. The molecular weight excluding hydrogens is 372 g/mol. The van der Waals surface area contributed by atoms with E-state index in [0.717, 1.165) is 16.1 Å². The Morgan fingerprint density at radius 1 is 1.35 bits per heavy atom. The van der Waals surface area contributed by atoms with Crippen LogP contribution in [0.2, 0.25) is 5.02 Å². The third-order valence-electron chi connectivity index (χ3n) is 3.91. The minimum Gasteiger partial charge on any atom is -0.351 e. The lowest BCUT2D eigenvalue weighted by atomic mass is 10.0. The van der Waals surface area contributed by atoms with Gasteiger partial charge in [0.25, 0.3) is 0 Å². The third-order valence-corrected chi connectivity index (χ3v) is 5.44. The maximum absolute atomic E-state index is 12.2. The van der Waals surface area contributed by atoms with Crippen molar-refractivity contribution < 1.29 is 9.32 Å². The molecule has 3 rings (SSSR count). The number of urea groups is 1. The van der Waals surface area contributed by atoms with Crippen molar-refractivity contribution >= 4 is 40.0 Å². The molecule has 0 bridgehead atoms. The van der Waals surface area contributed by atoms with Crippen molar-refractivity contribution in [2.75, 3.05) is 4.90 Å². The number of carbonyl (C=O) groups excluding carboxylic acids is 1. The summed E-state index contributed by atoms with van der Waals surface area (Å²) in [6.07, 6.45) is 2.39. The number of hydrogen-bond acceptors (Lipinski definition) is 5. The summed E-state index contributed by atoms with van der Waals surface area (Å²) in [5, 5.41) is 5.20. The molecule has 0 saturated heterocycles. The molecule has 0 spiro atoms. The molecule has 2 aromatic heterocycles. The van der Waals surface area contributed by atoms with Gasteiger partial charge in [0.2, 0.25) is 11.0 Å². The Labute approximate surface area is 160 Å². The number of nitrogens with two attached hydrogens (primary N) is 1. The number of hydrogen-bond donors (Lipinski definition) is 1. The van der Waals surface area contributed by atoms with E-state index in [0.29, 0.717) is 28.1 Å². The number of halogens is 1. The SMILES string of the molecule is CCc1noc(N(C(N)=O)c2ncc(C(C)C)s2)c1-c1ccc(Cl)cc1. The Kier molecular flexibility index (Phi) is 5.29. The van der Waals surface area contributed by atoms with E-state index in [1.165, 1.54) is 16.2 Å². The Bertz CT molecular complexity index is 918. The number of aryl methyl sites for hydroxylation is 1. The minimum absolute atomic E-state index is 0.265. The quantitative estimate of drug-likeness (QED) is 0.635. The van der Waals surface area contributed by atoms with E-state index in [9.17, 15) is 4.79 Å². The number of primary amides is 1. The molecule has 2 amide bonds. The molecule has 3 aromatic rings. The molecule has 0 fully saturated rings. The molecule has 2 heterocycles. The molecule has 8 heteroatoms. The summed E-state index contributed by atoms with van der Waals surface area (Å²) in [5.74, 6) is 0.564. The molecule has 26 heavy (non-hydrogen) atoms. The van der Waals surface area contributed by atoms with Gasteiger partial charge in [0, 0.05) is 16.1 Å². The number of benzene rings is 1. The van der Waals surface area contributed by atoms with Gasteiger partial charge in [-0.3, -0.25) is 0 Å². The number of carbonyl (C=O) groups is 1. The van der Waals surface area contributed by atoms with Gasteiger partial charge in [-0.2, -0.15) is 0 Å². The lowest BCUT2D eigenvalue weighted by molar-refractivity contribution is 0.254. The second kappa shape index (κ2) is 7.47. The van der Waals surface area contributed by atoms with Crippen LogP contribution in [-0.4, -0.2) is 16.2 Å². The Morgan fingerprint density at radius 3 is 2.58 bits per heavy atom. The molecule has 0 radical (unpaired) electrons. The second-order valence-corrected chi connectivity index (χ2v) is 7.52. The van der Waals surface area contributed by atoms with Crippen LogP contribution in [0.3, 0.4) is 0 Å². The van der Waals surface area contributed by atoms with Crippen molar-refractivity contribution in [1.29, 1.82) is 0 Å². The van der Waals surface area contributed by atoms with Gasteiger partial charge in [0.1, 0.15) is 0 Å². The predicted molar refractivity (Wildman–Crippen MR) is 104 cm³/mol. The zero-order valence-corrected chi connectivity index (χ0v) is 16.3. The first-order valence-electron chi connectivity index (χ1n) is 8.22. The van der Waals surface area contributed by atoms with Crippen molar-refractivity contribution in [2.45, 2.75) is 33.1 Å². The standard InChI is InChI=1S/C18H19ClN4O2S/c1-4-13-15(11-5-7-12(19)8-6-11)16(25-22-13)23(17(20)24)18-21-9-14(26-18)10(2)3/h5-10H,4H2,1-3H3,(H2,20,24). The normalized spacial score (nSPS) is 11.1. The largest absolute Gasteiger partial charge is 0.351 e. The lowest BCUT2D eigenvalue weighted by Crippen LogP contribution is -2.31. The van der Waals surface area contributed by atoms with Crippen molar-refractivity contribution in [3.05, 3.63) is 46.1 Å². The fraction of sp³-hybridized carbons (Fsp3) is 0.278. The maximum Gasteiger partial charge on any atom is 0.328 e. The van der Waals surface area contributed by atoms with E-state index in [-0.39, 0.29) is 5.88 Å². The number of anilines is 2.